The lowest BCUT2D eigenvalue weighted by Crippen LogP contribution is -2.56. The Morgan fingerprint density at radius 2 is 1.86 bits per heavy atom. The van der Waals surface area contributed by atoms with Crippen molar-refractivity contribution in [1.29, 1.82) is 0 Å². The monoisotopic (exact) mass is 314 g/mol. The van der Waals surface area contributed by atoms with Crippen LogP contribution in [0.15, 0.2) is 0 Å². The third-order valence-corrected chi connectivity index (χ3v) is 5.50. The molecule has 3 fully saturated rings. The van der Waals surface area contributed by atoms with Crippen molar-refractivity contribution in [3.05, 3.63) is 0 Å². The van der Waals surface area contributed by atoms with E-state index in [0.29, 0.717) is 52.3 Å². The number of alkyl halides is 1. The smallest absolute Gasteiger partial charge is 0.317 e. The lowest BCUT2D eigenvalue weighted by molar-refractivity contribution is -0.0928. The first-order chi connectivity index (χ1) is 10.7. The van der Waals surface area contributed by atoms with E-state index in [1.54, 1.807) is 0 Å². The molecule has 1 spiro atoms. The Hall–Kier alpha value is -0.880. The van der Waals surface area contributed by atoms with Crippen LogP contribution < -0.4 is 5.32 Å². The van der Waals surface area contributed by atoms with Gasteiger partial charge in [0.25, 0.3) is 0 Å². The number of nitrogens with one attached hydrogen (secondary N) is 1. The highest BCUT2D eigenvalue weighted by molar-refractivity contribution is 5.74. The zero-order chi connectivity index (χ0) is 15.5. The van der Waals surface area contributed by atoms with Crippen molar-refractivity contribution in [1.82, 2.24) is 10.2 Å². The number of hydrogen-bond acceptors (Lipinski definition) is 3. The summed E-state index contributed by atoms with van der Waals surface area (Å²) >= 11 is 0. The van der Waals surface area contributed by atoms with E-state index in [4.69, 9.17) is 9.47 Å². The Morgan fingerprint density at radius 1 is 1.14 bits per heavy atom. The first kappa shape index (κ1) is 16.0. The van der Waals surface area contributed by atoms with Crippen LogP contribution >= 0.6 is 0 Å². The number of amides is 2. The third kappa shape index (κ3) is 3.38. The molecular formula is C16H27FN2O3. The largest absolute Gasteiger partial charge is 0.381 e. The maximum atomic E-state index is 13.4. The quantitative estimate of drug-likeness (QED) is 0.868. The number of halogens is 1. The second kappa shape index (κ2) is 6.71. The van der Waals surface area contributed by atoms with Crippen LogP contribution in [0.4, 0.5) is 9.18 Å². The van der Waals surface area contributed by atoms with E-state index >= 15 is 0 Å². The first-order valence-electron chi connectivity index (χ1n) is 8.48. The fraction of sp³-hybridized carbons (Fsp3) is 0.938. The molecule has 0 unspecified atom stereocenters. The van der Waals surface area contributed by atoms with E-state index in [1.165, 1.54) is 12.8 Å². The van der Waals surface area contributed by atoms with Gasteiger partial charge in [0.1, 0.15) is 0 Å². The molecule has 3 rings (SSSR count). The van der Waals surface area contributed by atoms with Gasteiger partial charge in [-0.3, -0.25) is 4.39 Å². The predicted molar refractivity (Wildman–Crippen MR) is 80.6 cm³/mol. The van der Waals surface area contributed by atoms with Gasteiger partial charge >= 0.3 is 6.03 Å². The maximum absolute atomic E-state index is 13.4. The molecule has 6 heteroatoms. The van der Waals surface area contributed by atoms with E-state index in [2.05, 4.69) is 5.32 Å². The van der Waals surface area contributed by atoms with Crippen LogP contribution in [0.2, 0.25) is 0 Å². The van der Waals surface area contributed by atoms with Crippen LogP contribution in [0.1, 0.15) is 38.5 Å². The minimum absolute atomic E-state index is 0.0751. The van der Waals surface area contributed by atoms with Crippen molar-refractivity contribution in [2.24, 2.45) is 5.41 Å². The fourth-order valence-electron chi connectivity index (χ4n) is 3.88. The van der Waals surface area contributed by atoms with Crippen LogP contribution in [0, 0.1) is 5.41 Å². The number of ether oxygens (including phenoxy) is 2. The minimum atomic E-state index is -0.439. The van der Waals surface area contributed by atoms with Crippen molar-refractivity contribution >= 4 is 6.03 Å². The molecular weight excluding hydrogens is 287 g/mol. The summed E-state index contributed by atoms with van der Waals surface area (Å²) in [5.74, 6) is 0. The molecule has 1 N–H and O–H groups in total. The second-order valence-corrected chi connectivity index (χ2v) is 7.06. The van der Waals surface area contributed by atoms with Crippen LogP contribution in [0.25, 0.3) is 0 Å². The molecule has 0 aromatic carbocycles. The SMILES string of the molecule is O=C(NCC1(CF)CCOCC1)N1CCOC2(CCCC2)C1. The number of rotatable bonds is 3. The van der Waals surface area contributed by atoms with Gasteiger partial charge in [0.15, 0.2) is 0 Å². The molecule has 126 valence electrons. The molecule has 0 atom stereocenters. The minimum Gasteiger partial charge on any atom is -0.381 e. The summed E-state index contributed by atoms with van der Waals surface area (Å²) in [6.45, 7) is 3.07. The highest BCUT2D eigenvalue weighted by Crippen LogP contribution is 2.36. The summed E-state index contributed by atoms with van der Waals surface area (Å²) in [6.07, 6.45) is 5.81. The molecule has 3 aliphatic rings. The highest BCUT2D eigenvalue weighted by Gasteiger charge is 2.41. The Labute approximate surface area is 131 Å². The van der Waals surface area contributed by atoms with Gasteiger partial charge in [-0.05, 0) is 25.7 Å². The van der Waals surface area contributed by atoms with Gasteiger partial charge in [-0.25, -0.2) is 4.79 Å². The zero-order valence-corrected chi connectivity index (χ0v) is 13.2. The van der Waals surface area contributed by atoms with E-state index in [1.807, 2.05) is 4.90 Å². The summed E-state index contributed by atoms with van der Waals surface area (Å²) < 4.78 is 24.7. The zero-order valence-electron chi connectivity index (χ0n) is 13.2. The summed E-state index contributed by atoms with van der Waals surface area (Å²) in [6, 6.07) is -0.0751. The van der Waals surface area contributed by atoms with Gasteiger partial charge in [0.2, 0.25) is 0 Å². The average Bonchev–Trinajstić information content (AvgIpc) is 3.01. The number of hydrogen-bond donors (Lipinski definition) is 1. The van der Waals surface area contributed by atoms with Crippen molar-refractivity contribution in [3.63, 3.8) is 0 Å². The van der Waals surface area contributed by atoms with Crippen molar-refractivity contribution < 1.29 is 18.7 Å². The summed E-state index contributed by atoms with van der Waals surface area (Å²) in [4.78, 5) is 14.3. The normalized spacial score (nSPS) is 27.0. The van der Waals surface area contributed by atoms with Crippen LogP contribution in [-0.4, -0.2) is 62.7 Å². The van der Waals surface area contributed by atoms with E-state index in [9.17, 15) is 9.18 Å². The van der Waals surface area contributed by atoms with Crippen molar-refractivity contribution in [2.45, 2.75) is 44.1 Å². The Balaban J connectivity index is 1.52. The summed E-state index contributed by atoms with van der Waals surface area (Å²) in [5, 5.41) is 2.96. The topological polar surface area (TPSA) is 50.8 Å². The Kier molecular flexibility index (Phi) is 4.88. The molecule has 5 nitrogen and oxygen atoms in total. The van der Waals surface area contributed by atoms with Gasteiger partial charge in [-0.1, -0.05) is 12.8 Å². The van der Waals surface area contributed by atoms with Gasteiger partial charge in [0, 0.05) is 31.7 Å². The van der Waals surface area contributed by atoms with E-state index in [-0.39, 0.29) is 11.6 Å². The molecule has 2 heterocycles. The maximum Gasteiger partial charge on any atom is 0.317 e. The summed E-state index contributed by atoms with van der Waals surface area (Å²) in [7, 11) is 0. The van der Waals surface area contributed by atoms with Crippen LogP contribution in [0.3, 0.4) is 0 Å². The molecule has 2 saturated heterocycles. The van der Waals surface area contributed by atoms with Gasteiger partial charge in [-0.15, -0.1) is 0 Å². The number of morpholine rings is 1. The molecule has 0 radical (unpaired) electrons. The molecule has 2 amide bonds. The fourth-order valence-corrected chi connectivity index (χ4v) is 3.88. The highest BCUT2D eigenvalue weighted by atomic mass is 19.1. The third-order valence-electron chi connectivity index (χ3n) is 5.50. The number of carbonyl (C=O) groups excluding carboxylic acids is 1. The second-order valence-electron chi connectivity index (χ2n) is 7.06. The Morgan fingerprint density at radius 3 is 2.55 bits per heavy atom. The van der Waals surface area contributed by atoms with Crippen molar-refractivity contribution in [2.75, 3.05) is 46.1 Å². The van der Waals surface area contributed by atoms with Gasteiger partial charge in [-0.2, -0.15) is 0 Å². The molecule has 1 saturated carbocycles. The predicted octanol–water partition coefficient (Wildman–Crippen LogP) is 2.11. The lowest BCUT2D eigenvalue weighted by atomic mass is 9.81. The molecule has 2 aliphatic heterocycles. The standard InChI is InChI=1S/C16H27FN2O3/c17-11-15(5-8-21-9-6-15)12-18-14(20)19-7-10-22-16(13-19)3-1-2-4-16/h1-13H2,(H,18,20). The average molecular weight is 314 g/mol. The molecule has 1 aliphatic carbocycles. The molecule has 0 aromatic rings. The Bertz CT molecular complexity index is 393. The molecule has 0 bridgehead atoms. The number of urea groups is 1. The molecule has 0 aromatic heterocycles. The van der Waals surface area contributed by atoms with Crippen LogP contribution in [0.5, 0.6) is 0 Å². The number of nitrogens with zero attached hydrogens (tertiary/aromatic N) is 1. The lowest BCUT2D eigenvalue weighted by Gasteiger charge is -2.41. The van der Waals surface area contributed by atoms with Crippen LogP contribution in [-0.2, 0) is 9.47 Å². The van der Waals surface area contributed by atoms with Gasteiger partial charge < -0.3 is 19.7 Å². The first-order valence-corrected chi connectivity index (χ1v) is 8.48. The molecule has 22 heavy (non-hydrogen) atoms. The van der Waals surface area contributed by atoms with E-state index in [0.717, 1.165) is 12.8 Å². The van der Waals surface area contributed by atoms with Crippen molar-refractivity contribution in [3.8, 4) is 0 Å². The summed E-state index contributed by atoms with van der Waals surface area (Å²) in [5.41, 5.74) is -0.558. The van der Waals surface area contributed by atoms with E-state index < -0.39 is 12.1 Å². The number of carbonyl (C=O) groups is 1. The van der Waals surface area contributed by atoms with Gasteiger partial charge in [0.05, 0.1) is 25.4 Å².